The summed E-state index contributed by atoms with van der Waals surface area (Å²) < 4.78 is 4.93. The highest BCUT2D eigenvalue weighted by molar-refractivity contribution is 9.10. The molecule has 0 atom stereocenters. The fourth-order valence-electron chi connectivity index (χ4n) is 1.90. The molecule has 6 heteroatoms. The molecule has 0 radical (unpaired) electrons. The highest BCUT2D eigenvalue weighted by Crippen LogP contribution is 2.20. The van der Waals surface area contributed by atoms with Crippen LogP contribution in [0.25, 0.3) is 0 Å². The largest absolute Gasteiger partial charge is 0.305 e. The summed E-state index contributed by atoms with van der Waals surface area (Å²) in [5, 5.41) is 12.2. The molecule has 98 valence electrons. The number of nitrogens with one attached hydrogen (secondary N) is 1. The van der Waals surface area contributed by atoms with Crippen LogP contribution in [-0.2, 0) is 26.7 Å². The van der Waals surface area contributed by atoms with E-state index in [4.69, 9.17) is 0 Å². The average Bonchev–Trinajstić information content (AvgIpc) is 2.87. The Balaban J connectivity index is 1.98. The molecule has 2 heterocycles. The zero-order valence-corrected chi connectivity index (χ0v) is 12.5. The van der Waals surface area contributed by atoms with Crippen molar-refractivity contribution < 1.29 is 0 Å². The maximum Gasteiger partial charge on any atom is 0.0762 e. The second-order valence-corrected chi connectivity index (χ2v) is 5.04. The van der Waals surface area contributed by atoms with Crippen LogP contribution in [-0.4, -0.2) is 19.6 Å². The molecule has 0 aliphatic carbocycles. The van der Waals surface area contributed by atoms with Crippen molar-refractivity contribution >= 4 is 15.9 Å². The minimum absolute atomic E-state index is 0.765. The van der Waals surface area contributed by atoms with Gasteiger partial charge in [0.2, 0.25) is 0 Å². The van der Waals surface area contributed by atoms with Crippen molar-refractivity contribution in [3.63, 3.8) is 0 Å². The number of aryl methyl sites for hydroxylation is 3. The molecule has 0 saturated heterocycles. The van der Waals surface area contributed by atoms with Crippen molar-refractivity contribution in [2.24, 2.45) is 7.05 Å². The number of hydrogen-bond acceptors (Lipinski definition) is 3. The van der Waals surface area contributed by atoms with Crippen molar-refractivity contribution in [1.29, 1.82) is 0 Å². The molecule has 2 aromatic heterocycles. The number of hydrogen-bond donors (Lipinski definition) is 1. The fourth-order valence-corrected chi connectivity index (χ4v) is 2.33. The third kappa shape index (κ3) is 2.81. The third-order valence-electron chi connectivity index (χ3n) is 2.82. The lowest BCUT2D eigenvalue weighted by atomic mass is 10.3. The Hall–Kier alpha value is -1.14. The molecule has 0 spiro atoms. The van der Waals surface area contributed by atoms with Gasteiger partial charge in [0.05, 0.1) is 21.6 Å². The molecule has 0 amide bonds. The number of halogens is 1. The van der Waals surface area contributed by atoms with Gasteiger partial charge in [0, 0.05) is 32.9 Å². The number of rotatable bonds is 5. The van der Waals surface area contributed by atoms with Crippen LogP contribution < -0.4 is 5.32 Å². The van der Waals surface area contributed by atoms with E-state index >= 15 is 0 Å². The molecule has 0 aromatic carbocycles. The van der Waals surface area contributed by atoms with E-state index in [1.54, 1.807) is 0 Å². The van der Waals surface area contributed by atoms with Gasteiger partial charge in [-0.2, -0.15) is 10.2 Å². The third-order valence-corrected chi connectivity index (χ3v) is 3.85. The minimum atomic E-state index is 0.765. The lowest BCUT2D eigenvalue weighted by Crippen LogP contribution is -2.17. The van der Waals surface area contributed by atoms with E-state index in [0.29, 0.717) is 0 Å². The van der Waals surface area contributed by atoms with E-state index < -0.39 is 0 Å². The Morgan fingerprint density at radius 3 is 2.72 bits per heavy atom. The highest BCUT2D eigenvalue weighted by atomic mass is 79.9. The summed E-state index contributed by atoms with van der Waals surface area (Å²) in [6.07, 6.45) is 1.95. The summed E-state index contributed by atoms with van der Waals surface area (Å²) in [6.45, 7) is 6.54. The van der Waals surface area contributed by atoms with Gasteiger partial charge in [-0.05, 0) is 35.8 Å². The maximum absolute atomic E-state index is 4.47. The Kier molecular flexibility index (Phi) is 4.19. The van der Waals surface area contributed by atoms with Gasteiger partial charge < -0.3 is 5.32 Å². The van der Waals surface area contributed by atoms with Crippen molar-refractivity contribution in [2.75, 3.05) is 0 Å². The first-order chi connectivity index (χ1) is 8.61. The summed E-state index contributed by atoms with van der Waals surface area (Å²) in [5.74, 6) is 0. The van der Waals surface area contributed by atoms with E-state index in [2.05, 4.69) is 38.4 Å². The van der Waals surface area contributed by atoms with Gasteiger partial charge in [0.1, 0.15) is 0 Å². The quantitative estimate of drug-likeness (QED) is 0.918. The zero-order chi connectivity index (χ0) is 13.1. The normalized spacial score (nSPS) is 11.1. The lowest BCUT2D eigenvalue weighted by Gasteiger charge is -2.06. The van der Waals surface area contributed by atoms with Gasteiger partial charge >= 0.3 is 0 Å². The van der Waals surface area contributed by atoms with Crippen LogP contribution in [0.3, 0.4) is 0 Å². The first kappa shape index (κ1) is 13.3. The SMILES string of the molecule is CCn1nc(C)c(Br)c1CNCc1ccn(C)n1. The van der Waals surface area contributed by atoms with Crippen molar-refractivity contribution in [2.45, 2.75) is 33.5 Å². The number of aromatic nitrogens is 4. The van der Waals surface area contributed by atoms with Crippen LogP contribution >= 0.6 is 15.9 Å². The lowest BCUT2D eigenvalue weighted by molar-refractivity contribution is 0.572. The van der Waals surface area contributed by atoms with Crippen molar-refractivity contribution in [3.05, 3.63) is 33.8 Å². The van der Waals surface area contributed by atoms with E-state index in [1.165, 1.54) is 5.69 Å². The van der Waals surface area contributed by atoms with Crippen LogP contribution in [0.4, 0.5) is 0 Å². The summed E-state index contributed by atoms with van der Waals surface area (Å²) >= 11 is 3.59. The Labute approximate surface area is 115 Å². The predicted molar refractivity (Wildman–Crippen MR) is 74.1 cm³/mol. The van der Waals surface area contributed by atoms with E-state index in [0.717, 1.165) is 35.5 Å². The van der Waals surface area contributed by atoms with E-state index in [-0.39, 0.29) is 0 Å². The van der Waals surface area contributed by atoms with Gasteiger partial charge in [-0.25, -0.2) is 0 Å². The molecule has 1 N–H and O–H groups in total. The molecule has 0 unspecified atom stereocenters. The van der Waals surface area contributed by atoms with Gasteiger partial charge in [-0.1, -0.05) is 0 Å². The molecule has 5 nitrogen and oxygen atoms in total. The van der Waals surface area contributed by atoms with E-state index in [9.17, 15) is 0 Å². The molecule has 18 heavy (non-hydrogen) atoms. The Bertz CT molecular complexity index is 529. The molecule has 0 aliphatic rings. The monoisotopic (exact) mass is 311 g/mol. The summed E-state index contributed by atoms with van der Waals surface area (Å²) in [6, 6.07) is 2.02. The van der Waals surface area contributed by atoms with Crippen LogP contribution in [0.2, 0.25) is 0 Å². The molecule has 0 bridgehead atoms. The first-order valence-electron chi connectivity index (χ1n) is 6.02. The molecular formula is C12H18BrN5. The highest BCUT2D eigenvalue weighted by Gasteiger charge is 2.11. The standard InChI is InChI=1S/C12H18BrN5/c1-4-18-11(12(13)9(2)15-18)8-14-7-10-5-6-17(3)16-10/h5-6,14H,4,7-8H2,1-3H3. The summed E-state index contributed by atoms with van der Waals surface area (Å²) in [4.78, 5) is 0. The molecule has 0 aliphatic heterocycles. The van der Waals surface area contributed by atoms with Crippen LogP contribution in [0.1, 0.15) is 24.0 Å². The van der Waals surface area contributed by atoms with Crippen molar-refractivity contribution in [1.82, 2.24) is 24.9 Å². The Morgan fingerprint density at radius 1 is 1.33 bits per heavy atom. The predicted octanol–water partition coefficient (Wildman–Crippen LogP) is 2.00. The van der Waals surface area contributed by atoms with E-state index in [1.807, 2.05) is 35.6 Å². The number of nitrogens with zero attached hydrogens (tertiary/aromatic N) is 4. The second-order valence-electron chi connectivity index (χ2n) is 4.25. The maximum atomic E-state index is 4.47. The van der Waals surface area contributed by atoms with Crippen molar-refractivity contribution in [3.8, 4) is 0 Å². The van der Waals surface area contributed by atoms with Gasteiger partial charge in [0.25, 0.3) is 0 Å². The van der Waals surface area contributed by atoms with Crippen LogP contribution in [0, 0.1) is 6.92 Å². The molecule has 0 saturated carbocycles. The first-order valence-corrected chi connectivity index (χ1v) is 6.82. The molecule has 2 rings (SSSR count). The van der Waals surface area contributed by atoms with Crippen LogP contribution in [0.5, 0.6) is 0 Å². The molecule has 0 fully saturated rings. The summed E-state index contributed by atoms with van der Waals surface area (Å²) in [7, 11) is 1.93. The van der Waals surface area contributed by atoms with Gasteiger partial charge in [-0.3, -0.25) is 9.36 Å². The smallest absolute Gasteiger partial charge is 0.0762 e. The van der Waals surface area contributed by atoms with Crippen LogP contribution in [0.15, 0.2) is 16.7 Å². The molecular weight excluding hydrogens is 294 g/mol. The topological polar surface area (TPSA) is 47.7 Å². The zero-order valence-electron chi connectivity index (χ0n) is 10.9. The van der Waals surface area contributed by atoms with Gasteiger partial charge in [-0.15, -0.1) is 0 Å². The fraction of sp³-hybridized carbons (Fsp3) is 0.500. The minimum Gasteiger partial charge on any atom is -0.305 e. The van der Waals surface area contributed by atoms with Gasteiger partial charge in [0.15, 0.2) is 0 Å². The molecule has 2 aromatic rings. The Morgan fingerprint density at radius 2 is 2.11 bits per heavy atom. The average molecular weight is 312 g/mol. The summed E-state index contributed by atoms with van der Waals surface area (Å²) in [5.41, 5.74) is 3.27. The second kappa shape index (κ2) is 5.67.